The van der Waals surface area contributed by atoms with Gasteiger partial charge in [0.15, 0.2) is 11.5 Å². The molecule has 0 aliphatic carbocycles. The average molecular weight is 200 g/mol. The molecular formula is C10H10F2O2. The summed E-state index contributed by atoms with van der Waals surface area (Å²) in [7, 11) is 0. The van der Waals surface area contributed by atoms with Crippen molar-refractivity contribution in [3.63, 3.8) is 0 Å². The van der Waals surface area contributed by atoms with Gasteiger partial charge in [0.25, 0.3) is 0 Å². The first-order valence-corrected chi connectivity index (χ1v) is 4.38. The van der Waals surface area contributed by atoms with E-state index < -0.39 is 11.6 Å². The van der Waals surface area contributed by atoms with Crippen molar-refractivity contribution in [1.29, 1.82) is 0 Å². The maximum Gasteiger partial charge on any atom is 0.231 e. The fourth-order valence-electron chi connectivity index (χ4n) is 1.44. The summed E-state index contributed by atoms with van der Waals surface area (Å²) in [4.78, 5) is 0. The molecule has 0 spiro atoms. The summed E-state index contributed by atoms with van der Waals surface area (Å²) in [5.41, 5.74) is 0.636. The second-order valence-electron chi connectivity index (χ2n) is 3.48. The minimum Gasteiger partial charge on any atom is -0.454 e. The van der Waals surface area contributed by atoms with Crippen LogP contribution in [0.1, 0.15) is 25.3 Å². The van der Waals surface area contributed by atoms with Crippen LogP contribution in [0.2, 0.25) is 0 Å². The third-order valence-corrected chi connectivity index (χ3v) is 2.20. The normalized spacial score (nSPS) is 13.8. The van der Waals surface area contributed by atoms with Crippen LogP contribution in [0.15, 0.2) is 6.07 Å². The minimum absolute atomic E-state index is 0.0289. The molecule has 0 aromatic heterocycles. The molecule has 0 fully saturated rings. The molecule has 2 heterocycles. The van der Waals surface area contributed by atoms with Gasteiger partial charge in [-0.25, -0.2) is 0 Å². The minimum atomic E-state index is -0.970. The molecule has 14 heavy (non-hydrogen) atoms. The van der Waals surface area contributed by atoms with E-state index in [2.05, 4.69) is 0 Å². The maximum absolute atomic E-state index is 13.3. The predicted octanol–water partition coefficient (Wildman–Crippen LogP) is 2.82. The Balaban J connectivity index is 2.67. The van der Waals surface area contributed by atoms with E-state index >= 15 is 0 Å². The fraction of sp³-hybridized carbons (Fsp3) is 0.400. The van der Waals surface area contributed by atoms with E-state index in [0.29, 0.717) is 5.56 Å². The van der Waals surface area contributed by atoms with Crippen LogP contribution in [0.4, 0.5) is 8.78 Å². The van der Waals surface area contributed by atoms with Crippen LogP contribution in [0.5, 0.6) is 11.5 Å². The van der Waals surface area contributed by atoms with Gasteiger partial charge in [-0.15, -0.1) is 0 Å². The molecule has 2 bridgehead atoms. The van der Waals surface area contributed by atoms with Crippen LogP contribution in [-0.4, -0.2) is 6.79 Å². The summed E-state index contributed by atoms with van der Waals surface area (Å²) in [5, 5.41) is 0. The van der Waals surface area contributed by atoms with Crippen LogP contribution in [-0.2, 0) is 0 Å². The third-order valence-electron chi connectivity index (χ3n) is 2.20. The Morgan fingerprint density at radius 3 is 2.57 bits per heavy atom. The largest absolute Gasteiger partial charge is 0.454 e. The molecular weight excluding hydrogens is 190 g/mol. The average Bonchev–Trinajstić information content (AvgIpc) is 2.42. The topological polar surface area (TPSA) is 18.5 Å². The smallest absolute Gasteiger partial charge is 0.231 e. The molecule has 4 heteroatoms. The quantitative estimate of drug-likeness (QED) is 0.694. The lowest BCUT2D eigenvalue weighted by Crippen LogP contribution is -2.02. The van der Waals surface area contributed by atoms with Crippen LogP contribution < -0.4 is 9.47 Å². The number of hydrogen-bond donors (Lipinski definition) is 0. The van der Waals surface area contributed by atoms with Crippen molar-refractivity contribution in [2.75, 3.05) is 6.79 Å². The summed E-state index contributed by atoms with van der Waals surface area (Å²) in [6, 6.07) is 1.49. The zero-order valence-corrected chi connectivity index (χ0v) is 7.93. The van der Waals surface area contributed by atoms with Gasteiger partial charge in [0.05, 0.1) is 0 Å². The highest BCUT2D eigenvalue weighted by Crippen LogP contribution is 2.38. The van der Waals surface area contributed by atoms with Gasteiger partial charge < -0.3 is 9.47 Å². The molecule has 2 aliphatic rings. The Kier molecular flexibility index (Phi) is 2.06. The van der Waals surface area contributed by atoms with Gasteiger partial charge >= 0.3 is 0 Å². The maximum atomic E-state index is 13.3. The molecule has 0 saturated carbocycles. The first-order chi connectivity index (χ1) is 6.61. The number of hydrogen-bond acceptors (Lipinski definition) is 2. The van der Waals surface area contributed by atoms with Gasteiger partial charge in [-0.3, -0.25) is 0 Å². The lowest BCUT2D eigenvalue weighted by atomic mass is 10.0. The second-order valence-corrected chi connectivity index (χ2v) is 3.48. The molecule has 1 aromatic rings. The Labute approximate surface area is 80.4 Å². The van der Waals surface area contributed by atoms with Crippen LogP contribution in [0.3, 0.4) is 0 Å². The molecule has 0 atom stereocenters. The van der Waals surface area contributed by atoms with E-state index in [4.69, 9.17) is 9.47 Å². The molecule has 2 nitrogen and oxygen atoms in total. The highest BCUT2D eigenvalue weighted by atomic mass is 19.2. The van der Waals surface area contributed by atoms with Gasteiger partial charge in [-0.2, -0.15) is 8.78 Å². The lowest BCUT2D eigenvalue weighted by molar-refractivity contribution is 0.122. The molecule has 3 rings (SSSR count). The summed E-state index contributed by atoms with van der Waals surface area (Å²) in [6.45, 7) is 3.63. The monoisotopic (exact) mass is 200 g/mol. The first kappa shape index (κ1) is 9.24. The molecule has 0 N–H and O–H groups in total. The number of halogens is 2. The summed E-state index contributed by atoms with van der Waals surface area (Å²) < 4.78 is 36.4. The summed E-state index contributed by atoms with van der Waals surface area (Å²) in [5.74, 6) is -1.96. The van der Waals surface area contributed by atoms with Crippen molar-refractivity contribution < 1.29 is 18.3 Å². The Hall–Kier alpha value is -1.32. The van der Waals surface area contributed by atoms with E-state index in [-0.39, 0.29) is 24.2 Å². The first-order valence-electron chi connectivity index (χ1n) is 4.38. The van der Waals surface area contributed by atoms with Gasteiger partial charge in [0, 0.05) is 5.56 Å². The zero-order valence-electron chi connectivity index (χ0n) is 7.93. The number of rotatable bonds is 1. The number of benzene rings is 1. The zero-order chi connectivity index (χ0) is 10.3. The van der Waals surface area contributed by atoms with E-state index in [0.717, 1.165) is 0 Å². The van der Waals surface area contributed by atoms with E-state index in [1.807, 2.05) is 13.8 Å². The van der Waals surface area contributed by atoms with E-state index in [9.17, 15) is 8.78 Å². The van der Waals surface area contributed by atoms with Crippen molar-refractivity contribution in [2.24, 2.45) is 0 Å². The van der Waals surface area contributed by atoms with Crippen molar-refractivity contribution in [3.05, 3.63) is 23.3 Å². The van der Waals surface area contributed by atoms with Crippen molar-refractivity contribution >= 4 is 0 Å². The Bertz CT molecular complexity index is 375. The van der Waals surface area contributed by atoms with Crippen molar-refractivity contribution in [2.45, 2.75) is 19.8 Å². The number of ether oxygens (including phenoxy) is 2. The summed E-state index contributed by atoms with van der Waals surface area (Å²) >= 11 is 0. The van der Waals surface area contributed by atoms with Gasteiger partial charge in [-0.1, -0.05) is 13.8 Å². The van der Waals surface area contributed by atoms with Gasteiger partial charge in [0.1, 0.15) is 0 Å². The van der Waals surface area contributed by atoms with Crippen LogP contribution in [0, 0.1) is 11.6 Å². The molecule has 0 radical (unpaired) electrons. The van der Waals surface area contributed by atoms with Crippen LogP contribution in [0.25, 0.3) is 0 Å². The predicted molar refractivity (Wildman–Crippen MR) is 46.6 cm³/mol. The van der Waals surface area contributed by atoms with Gasteiger partial charge in [0.2, 0.25) is 18.4 Å². The summed E-state index contributed by atoms with van der Waals surface area (Å²) in [6.07, 6.45) is 0. The second kappa shape index (κ2) is 3.12. The molecule has 2 aliphatic heterocycles. The van der Waals surface area contributed by atoms with Crippen molar-refractivity contribution in [3.8, 4) is 11.5 Å². The molecule has 76 valence electrons. The highest BCUT2D eigenvalue weighted by Gasteiger charge is 2.25. The SMILES string of the molecule is CC(C)c1cc2c(F)c(F)c1OCO2. The standard InChI is InChI=1S/C10H10F2O2/c1-5(2)6-3-7-8(11)9(12)10(6)14-4-13-7/h3,5H,4H2,1-2H3. The van der Waals surface area contributed by atoms with E-state index in [1.165, 1.54) is 6.07 Å². The van der Waals surface area contributed by atoms with Crippen LogP contribution >= 0.6 is 0 Å². The Morgan fingerprint density at radius 2 is 1.93 bits per heavy atom. The van der Waals surface area contributed by atoms with Gasteiger partial charge in [-0.05, 0) is 12.0 Å². The Morgan fingerprint density at radius 1 is 1.21 bits per heavy atom. The fourth-order valence-corrected chi connectivity index (χ4v) is 1.44. The molecule has 0 unspecified atom stereocenters. The van der Waals surface area contributed by atoms with E-state index in [1.54, 1.807) is 0 Å². The third kappa shape index (κ3) is 1.22. The lowest BCUT2D eigenvalue weighted by Gasteiger charge is -2.10. The van der Waals surface area contributed by atoms with Crippen molar-refractivity contribution in [1.82, 2.24) is 0 Å². The molecule has 1 aromatic carbocycles. The molecule has 0 saturated heterocycles. The molecule has 0 amide bonds. The number of fused-ring (bicyclic) bond motifs is 4. The highest BCUT2D eigenvalue weighted by molar-refractivity contribution is 5.45.